The summed E-state index contributed by atoms with van der Waals surface area (Å²) in [7, 11) is -1.45. The molecule has 0 radical (unpaired) electrons. The van der Waals surface area contributed by atoms with Crippen LogP contribution < -0.4 is 10.2 Å². The average molecular weight is 542 g/mol. The fourth-order valence-electron chi connectivity index (χ4n) is 9.10. The molecule has 1 aliphatic heterocycles. The Kier molecular flexibility index (Phi) is 7.04. The van der Waals surface area contributed by atoms with Gasteiger partial charge in [0.15, 0.2) is 17.7 Å². The molecule has 0 amide bonds. The van der Waals surface area contributed by atoms with Crippen LogP contribution in [0.1, 0.15) is 71.8 Å². The van der Waals surface area contributed by atoms with E-state index in [-0.39, 0.29) is 41.9 Å². The molecule has 1 unspecified atom stereocenters. The molecule has 4 aliphatic rings. The number of hydrogen-bond donors (Lipinski definition) is 3. The van der Waals surface area contributed by atoms with Gasteiger partial charge >= 0.3 is 13.1 Å². The van der Waals surface area contributed by atoms with Gasteiger partial charge in [-0.25, -0.2) is 9.18 Å². The van der Waals surface area contributed by atoms with Crippen molar-refractivity contribution >= 4 is 24.3 Å². The Morgan fingerprint density at radius 2 is 2.05 bits per heavy atom. The van der Waals surface area contributed by atoms with Crippen molar-refractivity contribution in [3.8, 4) is 5.75 Å². The Morgan fingerprint density at radius 1 is 1.33 bits per heavy atom. The van der Waals surface area contributed by atoms with Crippen molar-refractivity contribution in [2.24, 2.45) is 39.9 Å². The number of carboxylic acids is 1. The maximum atomic E-state index is 15.6. The smallest absolute Gasteiger partial charge is 0.478 e. The summed E-state index contributed by atoms with van der Waals surface area (Å²) in [4.78, 5) is 26.7. The Hall–Kier alpha value is -2.23. The van der Waals surface area contributed by atoms with E-state index in [0.29, 0.717) is 24.8 Å². The van der Waals surface area contributed by atoms with Gasteiger partial charge < -0.3 is 24.6 Å². The van der Waals surface area contributed by atoms with Gasteiger partial charge in [0.05, 0.1) is 12.7 Å². The lowest BCUT2D eigenvalue weighted by Gasteiger charge is -2.63. The van der Waals surface area contributed by atoms with Crippen LogP contribution in [0.4, 0.5) is 4.39 Å². The summed E-state index contributed by atoms with van der Waals surface area (Å²) in [5, 5.41) is 32.6. The Bertz CT molecular complexity index is 1190. The van der Waals surface area contributed by atoms with E-state index in [4.69, 9.17) is 9.39 Å². The first kappa shape index (κ1) is 28.3. The quantitative estimate of drug-likeness (QED) is 0.370. The van der Waals surface area contributed by atoms with E-state index >= 15 is 4.39 Å². The zero-order valence-corrected chi connectivity index (χ0v) is 23.3. The molecule has 0 spiro atoms. The second kappa shape index (κ2) is 9.70. The molecular weight excluding hydrogens is 502 g/mol. The van der Waals surface area contributed by atoms with E-state index in [2.05, 4.69) is 13.5 Å². The number of allylic oxidation sites excluding steroid dienone is 1. The van der Waals surface area contributed by atoms with Gasteiger partial charge in [-0.2, -0.15) is 0 Å². The Morgan fingerprint density at radius 3 is 2.72 bits per heavy atom. The fraction of sp³-hybridized carbons (Fsp3) is 0.667. The molecule has 3 saturated carbocycles. The van der Waals surface area contributed by atoms with Gasteiger partial charge in [-0.1, -0.05) is 39.8 Å². The van der Waals surface area contributed by atoms with E-state index in [1.54, 1.807) is 12.1 Å². The molecule has 1 aromatic rings. The maximum absolute atomic E-state index is 15.6. The Balaban J connectivity index is 1.68. The van der Waals surface area contributed by atoms with Crippen LogP contribution in [-0.2, 0) is 20.9 Å². The second-order valence-corrected chi connectivity index (χ2v) is 13.1. The number of ketones is 1. The van der Waals surface area contributed by atoms with Gasteiger partial charge in [-0.15, -0.1) is 6.58 Å². The minimum absolute atomic E-state index is 0.00337. The number of carbonyl (C=O) groups excluding carboxylic acids is 1. The number of rotatable bonds is 6. The average Bonchev–Trinajstić information content (AvgIpc) is 3.44. The van der Waals surface area contributed by atoms with Crippen LogP contribution >= 0.6 is 0 Å². The van der Waals surface area contributed by atoms with Crippen LogP contribution in [0, 0.1) is 45.7 Å². The van der Waals surface area contributed by atoms with Crippen molar-refractivity contribution in [3.63, 3.8) is 0 Å². The first-order valence-electron chi connectivity index (χ1n) is 14.1. The van der Waals surface area contributed by atoms with Crippen LogP contribution in [0.5, 0.6) is 5.75 Å². The molecule has 0 aromatic heterocycles. The third-order valence-electron chi connectivity index (χ3n) is 11.4. The predicted molar refractivity (Wildman–Crippen MR) is 144 cm³/mol. The summed E-state index contributed by atoms with van der Waals surface area (Å²) in [6.45, 7) is 12.1. The van der Waals surface area contributed by atoms with Crippen LogP contribution in [0.25, 0.3) is 0 Å². The molecule has 39 heavy (non-hydrogen) atoms. The molecule has 212 valence electrons. The number of ether oxygens (including phenoxy) is 1. The number of aliphatic hydroxyl groups is 1. The van der Waals surface area contributed by atoms with Crippen molar-refractivity contribution in [1.29, 1.82) is 0 Å². The van der Waals surface area contributed by atoms with E-state index in [9.17, 15) is 24.8 Å². The fourth-order valence-corrected chi connectivity index (χ4v) is 9.10. The molecule has 2 bridgehead atoms. The van der Waals surface area contributed by atoms with Gasteiger partial charge in [0.1, 0.15) is 5.78 Å². The third-order valence-corrected chi connectivity index (χ3v) is 11.4. The zero-order chi connectivity index (χ0) is 28.5. The molecule has 1 aromatic carbocycles. The summed E-state index contributed by atoms with van der Waals surface area (Å²) in [6, 6.07) is 2.96. The topological polar surface area (TPSA) is 113 Å². The highest BCUT2D eigenvalue weighted by Crippen LogP contribution is 2.69. The molecule has 1 heterocycles. The van der Waals surface area contributed by atoms with E-state index in [1.165, 1.54) is 6.07 Å². The number of benzene rings is 1. The van der Waals surface area contributed by atoms with Gasteiger partial charge in [0.25, 0.3) is 0 Å². The van der Waals surface area contributed by atoms with Crippen molar-refractivity contribution in [3.05, 3.63) is 36.2 Å². The summed E-state index contributed by atoms with van der Waals surface area (Å²) in [6.07, 6.45) is 2.87. The van der Waals surface area contributed by atoms with Crippen LogP contribution in [-0.4, -0.2) is 46.3 Å². The number of fused-ring (bicyclic) bond motifs is 1. The molecule has 5 rings (SSSR count). The highest BCUT2D eigenvalue weighted by molar-refractivity contribution is 6.61. The molecule has 9 atom stereocenters. The largest absolute Gasteiger partial charge is 0.494 e. The monoisotopic (exact) mass is 542 g/mol. The molecule has 3 fully saturated rings. The number of carboxylic acid groups (broad SMARTS) is 1. The molecule has 3 N–H and O–H groups in total. The van der Waals surface area contributed by atoms with Gasteiger partial charge in [-0.3, -0.25) is 4.79 Å². The lowest BCUT2D eigenvalue weighted by molar-refractivity contribution is -0.199. The minimum Gasteiger partial charge on any atom is -0.478 e. The molecule has 9 heteroatoms. The first-order chi connectivity index (χ1) is 18.3. The summed E-state index contributed by atoms with van der Waals surface area (Å²) < 4.78 is 26.8. The lowest BCUT2D eigenvalue weighted by Crippen LogP contribution is -2.63. The summed E-state index contributed by atoms with van der Waals surface area (Å²) in [5.74, 6) is -3.55. The Labute approximate surface area is 229 Å². The first-order valence-corrected chi connectivity index (χ1v) is 14.1. The third kappa shape index (κ3) is 4.02. The lowest BCUT2D eigenvalue weighted by atomic mass is 9.41. The van der Waals surface area contributed by atoms with Crippen LogP contribution in [0.15, 0.2) is 24.8 Å². The summed E-state index contributed by atoms with van der Waals surface area (Å²) in [5.41, 5.74) is -1.50. The van der Waals surface area contributed by atoms with Gasteiger partial charge in [0, 0.05) is 23.7 Å². The van der Waals surface area contributed by atoms with Crippen molar-refractivity contribution in [2.45, 2.75) is 85.0 Å². The summed E-state index contributed by atoms with van der Waals surface area (Å²) >= 11 is 0. The van der Waals surface area contributed by atoms with Crippen molar-refractivity contribution in [2.75, 3.05) is 0 Å². The van der Waals surface area contributed by atoms with E-state index < -0.39 is 59.2 Å². The molecule has 3 aliphatic carbocycles. The number of halogens is 1. The molecular formula is C30H40BFO7. The van der Waals surface area contributed by atoms with Crippen molar-refractivity contribution in [1.82, 2.24) is 0 Å². The maximum Gasteiger partial charge on any atom is 0.494 e. The SMILES string of the molecule is C=CC[C@]1(C)C[C@@H](C(Oc2ccc3c(c2F)B(O)OC3)C(=O)O)[C@@]2(C)[C@H](C)CC[C@]3(CCC(=O)[C@H]32)[C@@H](C)[C@@H]1O. The number of aliphatic hydroxyl groups excluding tert-OH is 1. The number of Topliss-reactive ketones (excluding diaryl/α,β-unsaturated/α-hetero) is 1. The molecule has 0 saturated heterocycles. The van der Waals surface area contributed by atoms with Crippen molar-refractivity contribution < 1.29 is 38.6 Å². The number of hydrogen-bond acceptors (Lipinski definition) is 6. The normalized spacial score (nSPS) is 40.3. The van der Waals surface area contributed by atoms with E-state index in [1.807, 2.05) is 20.8 Å². The highest BCUT2D eigenvalue weighted by Gasteiger charge is 2.69. The number of aliphatic carboxylic acids is 1. The van der Waals surface area contributed by atoms with Gasteiger partial charge in [-0.05, 0) is 71.8 Å². The predicted octanol–water partition coefficient (Wildman–Crippen LogP) is 3.88. The van der Waals surface area contributed by atoms with E-state index in [0.717, 1.165) is 12.8 Å². The second-order valence-electron chi connectivity index (χ2n) is 13.1. The highest BCUT2D eigenvalue weighted by atomic mass is 19.1. The zero-order valence-electron chi connectivity index (χ0n) is 23.3. The number of carbonyl (C=O) groups is 2. The van der Waals surface area contributed by atoms with Crippen LogP contribution in [0.3, 0.4) is 0 Å². The van der Waals surface area contributed by atoms with Crippen LogP contribution in [0.2, 0.25) is 0 Å². The standard InChI is InChI=1S/C30H40BFO7/c1-6-11-28(4)14-19(24(27(35)36)39-21-8-7-18-15-38-31(37)22(18)23(21)32)29(5)16(2)9-12-30(17(3)26(28)34)13-10-20(33)25(29)30/h6-8,16-17,19,24-26,34,37H,1,9-15H2,2-5H3,(H,35,36)/t16-,17+,19+,24?,25+,26+,28-,29-,30+/m1/s1. The van der Waals surface area contributed by atoms with Gasteiger partial charge in [0.2, 0.25) is 0 Å². The molecule has 7 nitrogen and oxygen atoms in total. The minimum atomic E-state index is -1.49.